The number of methoxy groups -OCH3 is 2. The molecular formula is C15H19N3O4. The highest BCUT2D eigenvalue weighted by Crippen LogP contribution is 2.28. The van der Waals surface area contributed by atoms with Crippen LogP contribution >= 0.6 is 0 Å². The van der Waals surface area contributed by atoms with Crippen LogP contribution in [0.5, 0.6) is 11.5 Å². The van der Waals surface area contributed by atoms with Gasteiger partial charge in [-0.05, 0) is 25.0 Å². The van der Waals surface area contributed by atoms with Gasteiger partial charge < -0.3 is 24.6 Å². The maximum Gasteiger partial charge on any atom is 0.319 e. The molecule has 0 aliphatic carbocycles. The van der Waals surface area contributed by atoms with Crippen LogP contribution in [0.1, 0.15) is 12.0 Å². The lowest BCUT2D eigenvalue weighted by atomic mass is 10.2. The van der Waals surface area contributed by atoms with Gasteiger partial charge in [0.05, 0.1) is 26.1 Å². The number of rotatable bonds is 7. The molecule has 0 saturated carbocycles. The molecular weight excluding hydrogens is 286 g/mol. The number of aromatic nitrogens is 1. The predicted octanol–water partition coefficient (Wildman–Crippen LogP) is 2.45. The third-order valence-corrected chi connectivity index (χ3v) is 3.07. The zero-order chi connectivity index (χ0) is 15.8. The molecule has 0 saturated heterocycles. The fourth-order valence-electron chi connectivity index (χ4n) is 1.91. The molecule has 2 amide bonds. The molecule has 7 heteroatoms. The Morgan fingerprint density at radius 2 is 2.18 bits per heavy atom. The van der Waals surface area contributed by atoms with E-state index in [4.69, 9.17) is 14.0 Å². The van der Waals surface area contributed by atoms with E-state index in [1.165, 1.54) is 7.11 Å². The molecule has 1 aromatic heterocycles. The SMILES string of the molecule is COc1ccc(NC(=O)NCCCc2cnoc2)c(OC)c1. The van der Waals surface area contributed by atoms with Gasteiger partial charge in [0.15, 0.2) is 0 Å². The fraction of sp³-hybridized carbons (Fsp3) is 0.333. The molecule has 7 nitrogen and oxygen atoms in total. The number of nitrogens with zero attached hydrogens (tertiary/aromatic N) is 1. The summed E-state index contributed by atoms with van der Waals surface area (Å²) in [6.45, 7) is 0.551. The number of benzene rings is 1. The van der Waals surface area contributed by atoms with Crippen molar-refractivity contribution in [1.29, 1.82) is 0 Å². The highest BCUT2D eigenvalue weighted by molar-refractivity contribution is 5.91. The van der Waals surface area contributed by atoms with Gasteiger partial charge in [-0.15, -0.1) is 0 Å². The van der Waals surface area contributed by atoms with Gasteiger partial charge >= 0.3 is 6.03 Å². The van der Waals surface area contributed by atoms with Gasteiger partial charge in [-0.25, -0.2) is 4.79 Å². The van der Waals surface area contributed by atoms with Crippen LogP contribution in [-0.4, -0.2) is 32.0 Å². The van der Waals surface area contributed by atoms with Gasteiger partial charge in [-0.1, -0.05) is 5.16 Å². The number of carbonyl (C=O) groups excluding carboxylic acids is 1. The summed E-state index contributed by atoms with van der Waals surface area (Å²) in [6.07, 6.45) is 4.87. The summed E-state index contributed by atoms with van der Waals surface area (Å²) < 4.78 is 15.1. The second-order valence-electron chi connectivity index (χ2n) is 4.58. The van der Waals surface area contributed by atoms with E-state index >= 15 is 0 Å². The Balaban J connectivity index is 1.79. The van der Waals surface area contributed by atoms with Crippen LogP contribution in [0.4, 0.5) is 10.5 Å². The largest absolute Gasteiger partial charge is 0.497 e. The Morgan fingerprint density at radius 1 is 1.32 bits per heavy atom. The summed E-state index contributed by atoms with van der Waals surface area (Å²) in [5, 5.41) is 9.16. The zero-order valence-corrected chi connectivity index (χ0v) is 12.6. The van der Waals surface area contributed by atoms with Crippen molar-refractivity contribution in [1.82, 2.24) is 10.5 Å². The van der Waals surface area contributed by atoms with Crippen molar-refractivity contribution in [2.24, 2.45) is 0 Å². The van der Waals surface area contributed by atoms with Crippen LogP contribution in [0, 0.1) is 0 Å². The number of nitrogens with one attached hydrogen (secondary N) is 2. The van der Waals surface area contributed by atoms with Gasteiger partial charge in [-0.2, -0.15) is 0 Å². The molecule has 0 aliphatic rings. The molecule has 0 unspecified atom stereocenters. The van der Waals surface area contributed by atoms with Crippen molar-refractivity contribution in [3.05, 3.63) is 36.2 Å². The van der Waals surface area contributed by atoms with E-state index in [2.05, 4.69) is 15.8 Å². The second kappa shape index (κ2) is 7.92. The summed E-state index contributed by atoms with van der Waals surface area (Å²) in [7, 11) is 3.11. The van der Waals surface area contributed by atoms with E-state index < -0.39 is 0 Å². The molecule has 2 N–H and O–H groups in total. The highest BCUT2D eigenvalue weighted by Gasteiger charge is 2.08. The first kappa shape index (κ1) is 15.7. The van der Waals surface area contributed by atoms with Crippen molar-refractivity contribution in [3.63, 3.8) is 0 Å². The molecule has 118 valence electrons. The number of hydrogen-bond acceptors (Lipinski definition) is 5. The maximum atomic E-state index is 11.9. The lowest BCUT2D eigenvalue weighted by molar-refractivity contribution is 0.252. The third-order valence-electron chi connectivity index (χ3n) is 3.07. The summed E-state index contributed by atoms with van der Waals surface area (Å²) in [5.41, 5.74) is 1.60. The number of urea groups is 1. The monoisotopic (exact) mass is 305 g/mol. The lowest BCUT2D eigenvalue weighted by Gasteiger charge is -2.12. The number of carbonyl (C=O) groups is 1. The maximum absolute atomic E-state index is 11.9. The first-order chi connectivity index (χ1) is 10.7. The molecule has 22 heavy (non-hydrogen) atoms. The second-order valence-corrected chi connectivity index (χ2v) is 4.58. The van der Waals surface area contributed by atoms with Crippen LogP contribution in [0.3, 0.4) is 0 Å². The van der Waals surface area contributed by atoms with Gasteiger partial charge in [0, 0.05) is 18.2 Å². The Hall–Kier alpha value is -2.70. The molecule has 1 heterocycles. The quantitative estimate of drug-likeness (QED) is 0.767. The minimum absolute atomic E-state index is 0.284. The minimum atomic E-state index is -0.284. The summed E-state index contributed by atoms with van der Waals surface area (Å²) in [5.74, 6) is 1.20. The Kier molecular flexibility index (Phi) is 5.65. The van der Waals surface area contributed by atoms with Gasteiger partial charge in [-0.3, -0.25) is 0 Å². The average molecular weight is 305 g/mol. The summed E-state index contributed by atoms with van der Waals surface area (Å²) in [6, 6.07) is 4.91. The number of anilines is 1. The Labute approximate surface area is 128 Å². The van der Waals surface area contributed by atoms with Crippen LogP contribution in [0.25, 0.3) is 0 Å². The van der Waals surface area contributed by atoms with Crippen LogP contribution in [0.2, 0.25) is 0 Å². The Morgan fingerprint density at radius 3 is 2.86 bits per heavy atom. The molecule has 0 spiro atoms. The van der Waals surface area contributed by atoms with Crippen LogP contribution in [0.15, 0.2) is 35.2 Å². The van der Waals surface area contributed by atoms with Crippen LogP contribution < -0.4 is 20.1 Å². The Bertz CT molecular complexity index is 599. The topological polar surface area (TPSA) is 85.6 Å². The van der Waals surface area contributed by atoms with Crippen molar-refractivity contribution in [2.75, 3.05) is 26.1 Å². The third kappa shape index (κ3) is 4.41. The molecule has 2 rings (SSSR count). The molecule has 0 radical (unpaired) electrons. The van der Waals surface area contributed by atoms with E-state index in [0.29, 0.717) is 23.7 Å². The zero-order valence-electron chi connectivity index (χ0n) is 12.6. The first-order valence-electron chi connectivity index (χ1n) is 6.88. The van der Waals surface area contributed by atoms with Crippen molar-refractivity contribution >= 4 is 11.7 Å². The number of aryl methyl sites for hydroxylation is 1. The van der Waals surface area contributed by atoms with E-state index in [0.717, 1.165) is 18.4 Å². The molecule has 2 aromatic rings. The molecule has 0 fully saturated rings. The average Bonchev–Trinajstić information content (AvgIpc) is 3.05. The minimum Gasteiger partial charge on any atom is -0.497 e. The number of hydrogen-bond donors (Lipinski definition) is 2. The van der Waals surface area contributed by atoms with E-state index in [9.17, 15) is 4.79 Å². The van der Waals surface area contributed by atoms with Gasteiger partial charge in [0.25, 0.3) is 0 Å². The molecule has 1 aromatic carbocycles. The summed E-state index contributed by atoms with van der Waals surface area (Å²) in [4.78, 5) is 11.9. The van der Waals surface area contributed by atoms with Crippen molar-refractivity contribution in [3.8, 4) is 11.5 Å². The normalized spacial score (nSPS) is 10.1. The predicted molar refractivity (Wildman–Crippen MR) is 81.4 cm³/mol. The van der Waals surface area contributed by atoms with Gasteiger partial charge in [0.1, 0.15) is 17.8 Å². The summed E-state index contributed by atoms with van der Waals surface area (Å²) >= 11 is 0. The van der Waals surface area contributed by atoms with E-state index in [-0.39, 0.29) is 6.03 Å². The highest BCUT2D eigenvalue weighted by atomic mass is 16.5. The van der Waals surface area contributed by atoms with E-state index in [1.807, 2.05) is 0 Å². The molecule has 0 bridgehead atoms. The lowest BCUT2D eigenvalue weighted by Crippen LogP contribution is -2.29. The van der Waals surface area contributed by atoms with Crippen molar-refractivity contribution in [2.45, 2.75) is 12.8 Å². The number of ether oxygens (including phenoxy) is 2. The van der Waals surface area contributed by atoms with Gasteiger partial charge in [0.2, 0.25) is 0 Å². The smallest absolute Gasteiger partial charge is 0.319 e. The first-order valence-corrected chi connectivity index (χ1v) is 6.88. The van der Waals surface area contributed by atoms with Crippen LogP contribution in [-0.2, 0) is 6.42 Å². The molecule has 0 atom stereocenters. The molecule has 0 aliphatic heterocycles. The number of amides is 2. The van der Waals surface area contributed by atoms with E-state index in [1.54, 1.807) is 37.8 Å². The fourth-order valence-corrected chi connectivity index (χ4v) is 1.91. The standard InChI is InChI=1S/C15H19N3O4/c1-20-12-5-6-13(14(8-12)21-2)18-15(19)16-7-3-4-11-9-17-22-10-11/h5-6,8-10H,3-4,7H2,1-2H3,(H2,16,18,19). The van der Waals surface area contributed by atoms with Crippen molar-refractivity contribution < 1.29 is 18.8 Å².